The summed E-state index contributed by atoms with van der Waals surface area (Å²) in [5, 5.41) is 2.96. The molecule has 3 aromatic carbocycles. The molecule has 2 unspecified atom stereocenters. The summed E-state index contributed by atoms with van der Waals surface area (Å²) in [5.74, 6) is -2.57. The van der Waals surface area contributed by atoms with Crippen molar-refractivity contribution in [2.45, 2.75) is 44.4 Å². The van der Waals surface area contributed by atoms with Crippen LogP contribution in [0.2, 0.25) is 0 Å². The first-order valence-electron chi connectivity index (χ1n) is 11.1. The van der Waals surface area contributed by atoms with E-state index in [2.05, 4.69) is 10.1 Å². The number of nitrogens with one attached hydrogen (secondary N) is 1. The number of benzene rings is 3. The molecule has 3 rings (SSSR count). The number of halogens is 7. The van der Waals surface area contributed by atoms with Gasteiger partial charge in [-0.15, -0.1) is 13.2 Å². The number of alkyl halides is 6. The van der Waals surface area contributed by atoms with Crippen LogP contribution in [0.5, 0.6) is 5.75 Å². The van der Waals surface area contributed by atoms with Crippen molar-refractivity contribution in [1.29, 1.82) is 0 Å². The zero-order valence-corrected chi connectivity index (χ0v) is 19.5. The first-order valence-corrected chi connectivity index (χ1v) is 11.1. The molecule has 0 spiro atoms. The van der Waals surface area contributed by atoms with Gasteiger partial charge in [0.1, 0.15) is 17.6 Å². The second-order valence-electron chi connectivity index (χ2n) is 8.43. The van der Waals surface area contributed by atoms with Crippen molar-refractivity contribution in [3.63, 3.8) is 0 Å². The van der Waals surface area contributed by atoms with Gasteiger partial charge in [-0.2, -0.15) is 13.2 Å². The van der Waals surface area contributed by atoms with Crippen LogP contribution in [-0.2, 0) is 17.4 Å². The Kier molecular flexibility index (Phi) is 8.47. The van der Waals surface area contributed by atoms with E-state index in [1.807, 2.05) is 6.92 Å². The van der Waals surface area contributed by atoms with Crippen molar-refractivity contribution in [1.82, 2.24) is 5.32 Å². The van der Waals surface area contributed by atoms with Crippen LogP contribution in [-0.4, -0.2) is 12.3 Å². The van der Waals surface area contributed by atoms with Crippen LogP contribution in [0.25, 0.3) is 0 Å². The summed E-state index contributed by atoms with van der Waals surface area (Å²) in [5.41, 5.74) is 6.58. The summed E-state index contributed by atoms with van der Waals surface area (Å²) < 4.78 is 94.9. The third kappa shape index (κ3) is 7.94. The molecule has 0 bridgehead atoms. The van der Waals surface area contributed by atoms with Crippen LogP contribution >= 0.6 is 0 Å². The molecule has 0 fully saturated rings. The minimum Gasteiger partial charge on any atom is -0.406 e. The van der Waals surface area contributed by atoms with Gasteiger partial charge in [0.2, 0.25) is 5.91 Å². The molecule has 198 valence electrons. The molecule has 2 atom stereocenters. The molecule has 37 heavy (non-hydrogen) atoms. The smallest absolute Gasteiger partial charge is 0.406 e. The molecule has 0 aliphatic heterocycles. The van der Waals surface area contributed by atoms with Gasteiger partial charge in [0, 0.05) is 17.7 Å². The van der Waals surface area contributed by atoms with E-state index in [4.69, 9.17) is 5.73 Å². The summed E-state index contributed by atoms with van der Waals surface area (Å²) in [7, 11) is 0. The highest BCUT2D eigenvalue weighted by Crippen LogP contribution is 2.32. The summed E-state index contributed by atoms with van der Waals surface area (Å²) in [6, 6.07) is 11.8. The van der Waals surface area contributed by atoms with Crippen molar-refractivity contribution < 1.29 is 40.3 Å². The molecule has 0 radical (unpaired) electrons. The molecule has 0 heterocycles. The number of carbonyl (C=O) groups excluding carboxylic acids is 1. The zero-order valence-electron chi connectivity index (χ0n) is 19.5. The Morgan fingerprint density at radius 1 is 0.946 bits per heavy atom. The lowest BCUT2D eigenvalue weighted by atomic mass is 9.95. The Balaban J connectivity index is 1.91. The van der Waals surface area contributed by atoms with Crippen molar-refractivity contribution in [3.8, 4) is 5.75 Å². The number of primary amides is 1. The van der Waals surface area contributed by atoms with Gasteiger partial charge in [0.15, 0.2) is 0 Å². The van der Waals surface area contributed by atoms with E-state index in [1.165, 1.54) is 12.1 Å². The standard InChI is InChI=1S/C26H23F7N2O2/c1-15-2-7-17(8-3-15)23(24(34)36)35-22(13-6-16-4-9-18(10-5-16)25(28,29)30)20-12-11-19(14-21(20)27)37-26(31,32)33/h2-5,7-12,14,22-23,35H,6,13H2,1H3,(H2,34,36). The van der Waals surface area contributed by atoms with Crippen LogP contribution in [0.15, 0.2) is 66.7 Å². The summed E-state index contributed by atoms with van der Waals surface area (Å²) in [4.78, 5) is 12.3. The highest BCUT2D eigenvalue weighted by Gasteiger charge is 2.32. The normalized spacial score (nSPS) is 13.7. The van der Waals surface area contributed by atoms with E-state index in [9.17, 15) is 35.5 Å². The van der Waals surface area contributed by atoms with Gasteiger partial charge in [0.05, 0.1) is 5.56 Å². The second-order valence-corrected chi connectivity index (χ2v) is 8.43. The Bertz CT molecular complexity index is 1210. The summed E-state index contributed by atoms with van der Waals surface area (Å²) >= 11 is 0. The fourth-order valence-corrected chi connectivity index (χ4v) is 3.79. The number of carbonyl (C=O) groups is 1. The molecule has 0 aromatic heterocycles. The number of ether oxygens (including phenoxy) is 1. The Hall–Kier alpha value is -3.60. The number of amides is 1. The van der Waals surface area contributed by atoms with E-state index in [1.54, 1.807) is 24.3 Å². The zero-order chi connectivity index (χ0) is 27.4. The van der Waals surface area contributed by atoms with E-state index in [0.717, 1.165) is 29.8 Å². The molecule has 3 aromatic rings. The number of hydrogen-bond donors (Lipinski definition) is 2. The quantitative estimate of drug-likeness (QED) is 0.310. The van der Waals surface area contributed by atoms with Crippen molar-refractivity contribution in [2.24, 2.45) is 5.73 Å². The fraction of sp³-hybridized carbons (Fsp3) is 0.269. The average molecular weight is 528 g/mol. The van der Waals surface area contributed by atoms with Gasteiger partial charge in [0.25, 0.3) is 0 Å². The molecule has 0 saturated carbocycles. The minimum absolute atomic E-state index is 0.0696. The number of nitrogens with two attached hydrogens (primary N) is 1. The van der Waals surface area contributed by atoms with Crippen LogP contribution < -0.4 is 15.8 Å². The maximum absolute atomic E-state index is 15.0. The molecule has 1 amide bonds. The predicted molar refractivity (Wildman–Crippen MR) is 122 cm³/mol. The van der Waals surface area contributed by atoms with Gasteiger partial charge in [-0.25, -0.2) is 4.39 Å². The molecular formula is C26H23F7N2O2. The third-order valence-corrected chi connectivity index (χ3v) is 5.65. The van der Waals surface area contributed by atoms with E-state index in [-0.39, 0.29) is 18.4 Å². The number of aryl methyl sites for hydroxylation is 2. The SMILES string of the molecule is Cc1ccc(C(NC(CCc2ccc(C(F)(F)F)cc2)c2ccc(OC(F)(F)F)cc2F)C(N)=O)cc1. The summed E-state index contributed by atoms with van der Waals surface area (Å²) in [6.45, 7) is 1.84. The fourth-order valence-electron chi connectivity index (χ4n) is 3.79. The molecule has 11 heteroatoms. The Morgan fingerprint density at radius 2 is 1.57 bits per heavy atom. The summed E-state index contributed by atoms with van der Waals surface area (Å²) in [6.07, 6.45) is -9.28. The van der Waals surface area contributed by atoms with Gasteiger partial charge in [-0.3, -0.25) is 10.1 Å². The first kappa shape index (κ1) is 28.0. The monoisotopic (exact) mass is 528 g/mol. The lowest BCUT2D eigenvalue weighted by Crippen LogP contribution is -2.36. The van der Waals surface area contributed by atoms with E-state index in [0.29, 0.717) is 17.2 Å². The van der Waals surface area contributed by atoms with Crippen molar-refractivity contribution in [3.05, 3.63) is 100 Å². The largest absolute Gasteiger partial charge is 0.573 e. The van der Waals surface area contributed by atoms with Gasteiger partial charge in [-0.05, 0) is 49.1 Å². The molecule has 0 aliphatic rings. The highest BCUT2D eigenvalue weighted by atomic mass is 19.4. The molecule has 0 aliphatic carbocycles. The van der Waals surface area contributed by atoms with E-state index < -0.39 is 47.7 Å². The van der Waals surface area contributed by atoms with Gasteiger partial charge < -0.3 is 10.5 Å². The van der Waals surface area contributed by atoms with Crippen molar-refractivity contribution in [2.75, 3.05) is 0 Å². The van der Waals surface area contributed by atoms with Crippen LogP contribution in [0.4, 0.5) is 30.7 Å². The molecular weight excluding hydrogens is 505 g/mol. The van der Waals surface area contributed by atoms with Crippen molar-refractivity contribution >= 4 is 5.91 Å². The Morgan fingerprint density at radius 3 is 2.08 bits per heavy atom. The Labute approximate surface area is 208 Å². The highest BCUT2D eigenvalue weighted by molar-refractivity contribution is 5.81. The minimum atomic E-state index is -5.02. The maximum Gasteiger partial charge on any atom is 0.573 e. The van der Waals surface area contributed by atoms with E-state index >= 15 is 0 Å². The molecule has 4 nitrogen and oxygen atoms in total. The molecule has 3 N–H and O–H groups in total. The lowest BCUT2D eigenvalue weighted by Gasteiger charge is -2.26. The predicted octanol–water partition coefficient (Wildman–Crippen LogP) is 6.54. The van der Waals surface area contributed by atoms with Gasteiger partial charge >= 0.3 is 12.5 Å². The average Bonchev–Trinajstić information content (AvgIpc) is 2.79. The number of rotatable bonds is 9. The molecule has 0 saturated heterocycles. The lowest BCUT2D eigenvalue weighted by molar-refractivity contribution is -0.274. The van der Waals surface area contributed by atoms with Crippen LogP contribution in [0.3, 0.4) is 0 Å². The maximum atomic E-state index is 15.0. The van der Waals surface area contributed by atoms with Crippen LogP contribution in [0.1, 0.15) is 46.3 Å². The topological polar surface area (TPSA) is 64.3 Å². The van der Waals surface area contributed by atoms with Gasteiger partial charge in [-0.1, -0.05) is 48.0 Å². The second kappa shape index (κ2) is 11.2. The van der Waals surface area contributed by atoms with Crippen LogP contribution in [0, 0.1) is 12.7 Å². The third-order valence-electron chi connectivity index (χ3n) is 5.65. The number of hydrogen-bond acceptors (Lipinski definition) is 3. The first-order chi connectivity index (χ1) is 17.2.